The van der Waals surface area contributed by atoms with E-state index in [4.69, 9.17) is 11.6 Å². The first kappa shape index (κ1) is 15.7. The van der Waals surface area contributed by atoms with Crippen LogP contribution in [0.2, 0.25) is 5.02 Å². The molecule has 20 heavy (non-hydrogen) atoms. The van der Waals surface area contributed by atoms with E-state index < -0.39 is 5.60 Å². The van der Waals surface area contributed by atoms with Gasteiger partial charge in [-0.15, -0.1) is 0 Å². The Balaban J connectivity index is 1.84. The molecule has 0 heterocycles. The molecule has 1 aliphatic rings. The van der Waals surface area contributed by atoms with E-state index in [1.54, 1.807) is 18.7 Å². The standard InChI is InChI=1S/C15H20ClNO2S/c1-15(19,9-20-2)8-17-14(18)13-7-12(13)10-4-3-5-11(16)6-10/h3-6,12-13,19H,7-9H2,1-2H3,(H,17,18). The summed E-state index contributed by atoms with van der Waals surface area (Å²) in [5.74, 6) is 0.907. The van der Waals surface area contributed by atoms with E-state index in [-0.39, 0.29) is 17.7 Å². The second-order valence-corrected chi connectivity index (χ2v) is 6.95. The van der Waals surface area contributed by atoms with Gasteiger partial charge in [0, 0.05) is 23.2 Å². The largest absolute Gasteiger partial charge is 0.387 e. The van der Waals surface area contributed by atoms with Crippen molar-refractivity contribution in [3.05, 3.63) is 34.9 Å². The third-order valence-electron chi connectivity index (χ3n) is 3.50. The van der Waals surface area contributed by atoms with Crippen LogP contribution in [0.15, 0.2) is 24.3 Å². The smallest absolute Gasteiger partial charge is 0.223 e. The van der Waals surface area contributed by atoms with E-state index in [2.05, 4.69) is 5.32 Å². The molecule has 1 amide bonds. The zero-order valence-corrected chi connectivity index (χ0v) is 13.3. The fourth-order valence-corrected chi connectivity index (χ4v) is 3.28. The highest BCUT2D eigenvalue weighted by atomic mass is 35.5. The molecule has 3 atom stereocenters. The summed E-state index contributed by atoms with van der Waals surface area (Å²) in [5, 5.41) is 13.6. The molecule has 3 nitrogen and oxygen atoms in total. The summed E-state index contributed by atoms with van der Waals surface area (Å²) in [6.45, 7) is 2.04. The zero-order valence-electron chi connectivity index (χ0n) is 11.7. The number of benzene rings is 1. The first-order valence-corrected chi connectivity index (χ1v) is 8.44. The lowest BCUT2D eigenvalue weighted by Gasteiger charge is -2.22. The van der Waals surface area contributed by atoms with Crippen LogP contribution in [0.25, 0.3) is 0 Å². The van der Waals surface area contributed by atoms with Gasteiger partial charge in [0.25, 0.3) is 0 Å². The van der Waals surface area contributed by atoms with E-state index in [0.717, 1.165) is 12.0 Å². The zero-order chi connectivity index (χ0) is 14.8. The van der Waals surface area contributed by atoms with Crippen LogP contribution in [0.1, 0.15) is 24.8 Å². The van der Waals surface area contributed by atoms with E-state index >= 15 is 0 Å². The normalized spacial score (nSPS) is 24.0. The number of thioether (sulfide) groups is 1. The quantitative estimate of drug-likeness (QED) is 0.849. The molecule has 2 rings (SSSR count). The first-order valence-electron chi connectivity index (χ1n) is 6.67. The summed E-state index contributed by atoms with van der Waals surface area (Å²) in [4.78, 5) is 12.1. The molecule has 0 aromatic heterocycles. The van der Waals surface area contributed by atoms with Gasteiger partial charge in [0.1, 0.15) is 0 Å². The number of carbonyl (C=O) groups excluding carboxylic acids is 1. The maximum atomic E-state index is 12.1. The lowest BCUT2D eigenvalue weighted by atomic mass is 10.1. The van der Waals surface area contributed by atoms with Gasteiger partial charge in [0.15, 0.2) is 0 Å². The Morgan fingerprint density at radius 3 is 3.00 bits per heavy atom. The lowest BCUT2D eigenvalue weighted by molar-refractivity contribution is -0.123. The molecular weight excluding hydrogens is 294 g/mol. The summed E-state index contributed by atoms with van der Waals surface area (Å²) in [6.07, 6.45) is 2.79. The molecule has 5 heteroatoms. The van der Waals surface area contributed by atoms with Gasteiger partial charge < -0.3 is 10.4 Å². The van der Waals surface area contributed by atoms with Crippen LogP contribution >= 0.6 is 23.4 Å². The molecular formula is C15H20ClNO2S. The molecule has 110 valence electrons. The average Bonchev–Trinajstić information content (AvgIpc) is 3.16. The van der Waals surface area contributed by atoms with Crippen LogP contribution in [0, 0.1) is 5.92 Å². The number of amides is 1. The summed E-state index contributed by atoms with van der Waals surface area (Å²) in [5.41, 5.74) is 0.267. The SMILES string of the molecule is CSCC(C)(O)CNC(=O)C1CC1c1cccc(Cl)c1. The molecule has 3 unspecified atom stereocenters. The highest BCUT2D eigenvalue weighted by Crippen LogP contribution is 2.47. The summed E-state index contributed by atoms with van der Waals surface area (Å²) >= 11 is 7.53. The fraction of sp³-hybridized carbons (Fsp3) is 0.533. The number of nitrogens with one attached hydrogen (secondary N) is 1. The van der Waals surface area contributed by atoms with Gasteiger partial charge in [0.05, 0.1) is 5.60 Å². The Bertz CT molecular complexity index is 493. The van der Waals surface area contributed by atoms with Crippen molar-refractivity contribution >= 4 is 29.3 Å². The number of hydrogen-bond acceptors (Lipinski definition) is 3. The minimum atomic E-state index is -0.852. The molecule has 0 aliphatic heterocycles. The Labute approximate surface area is 129 Å². The van der Waals surface area contributed by atoms with Gasteiger partial charge in [-0.05, 0) is 43.2 Å². The van der Waals surface area contributed by atoms with Crippen molar-refractivity contribution in [3.8, 4) is 0 Å². The van der Waals surface area contributed by atoms with Crippen molar-refractivity contribution < 1.29 is 9.90 Å². The lowest BCUT2D eigenvalue weighted by Crippen LogP contribution is -2.43. The van der Waals surface area contributed by atoms with Crippen LogP contribution in [0.5, 0.6) is 0 Å². The molecule has 2 N–H and O–H groups in total. The van der Waals surface area contributed by atoms with Crippen LogP contribution < -0.4 is 5.32 Å². The van der Waals surface area contributed by atoms with Gasteiger partial charge in [-0.2, -0.15) is 11.8 Å². The van der Waals surface area contributed by atoms with Gasteiger partial charge >= 0.3 is 0 Å². The maximum Gasteiger partial charge on any atom is 0.223 e. The number of hydrogen-bond donors (Lipinski definition) is 2. The molecule has 1 aliphatic carbocycles. The second kappa shape index (κ2) is 6.37. The van der Waals surface area contributed by atoms with Crippen molar-refractivity contribution in [3.63, 3.8) is 0 Å². The third kappa shape index (κ3) is 4.14. The predicted molar refractivity (Wildman–Crippen MR) is 84.3 cm³/mol. The fourth-order valence-electron chi connectivity index (χ4n) is 2.36. The molecule has 0 bridgehead atoms. The molecule has 1 saturated carbocycles. The van der Waals surface area contributed by atoms with Gasteiger partial charge in [-0.3, -0.25) is 4.79 Å². The van der Waals surface area contributed by atoms with Crippen LogP contribution in [0.3, 0.4) is 0 Å². The number of rotatable bonds is 6. The van der Waals surface area contributed by atoms with Crippen molar-refractivity contribution in [1.29, 1.82) is 0 Å². The Hall–Kier alpha value is -0.710. The van der Waals surface area contributed by atoms with Gasteiger partial charge in [-0.1, -0.05) is 23.7 Å². The number of carbonyl (C=O) groups is 1. The van der Waals surface area contributed by atoms with Crippen LogP contribution in [-0.4, -0.2) is 35.2 Å². The third-order valence-corrected chi connectivity index (χ3v) is 4.65. The van der Waals surface area contributed by atoms with Crippen LogP contribution in [-0.2, 0) is 4.79 Å². The van der Waals surface area contributed by atoms with Crippen molar-refractivity contribution in [1.82, 2.24) is 5.32 Å². The van der Waals surface area contributed by atoms with Gasteiger partial charge in [-0.25, -0.2) is 0 Å². The molecule has 1 aromatic rings. The highest BCUT2D eigenvalue weighted by molar-refractivity contribution is 7.98. The summed E-state index contributed by atoms with van der Waals surface area (Å²) in [6, 6.07) is 7.67. The topological polar surface area (TPSA) is 49.3 Å². The molecule has 1 fully saturated rings. The summed E-state index contributed by atoms with van der Waals surface area (Å²) in [7, 11) is 0. The Morgan fingerprint density at radius 2 is 2.35 bits per heavy atom. The van der Waals surface area contributed by atoms with E-state index in [0.29, 0.717) is 17.3 Å². The highest BCUT2D eigenvalue weighted by Gasteiger charge is 2.44. The number of aliphatic hydroxyl groups is 1. The molecule has 1 aromatic carbocycles. The first-order chi connectivity index (χ1) is 9.43. The predicted octanol–water partition coefficient (Wildman–Crippen LogP) is 2.67. The monoisotopic (exact) mass is 313 g/mol. The molecule has 0 spiro atoms. The molecule has 0 saturated heterocycles. The summed E-state index contributed by atoms with van der Waals surface area (Å²) < 4.78 is 0. The Morgan fingerprint density at radius 1 is 1.60 bits per heavy atom. The average molecular weight is 314 g/mol. The minimum absolute atomic E-state index is 0.0125. The van der Waals surface area contributed by atoms with E-state index in [1.165, 1.54) is 0 Å². The minimum Gasteiger partial charge on any atom is -0.387 e. The second-order valence-electron chi connectivity index (χ2n) is 5.65. The van der Waals surface area contributed by atoms with Crippen molar-refractivity contribution in [2.45, 2.75) is 24.9 Å². The van der Waals surface area contributed by atoms with E-state index in [1.807, 2.05) is 30.5 Å². The number of halogens is 1. The maximum absolute atomic E-state index is 12.1. The van der Waals surface area contributed by atoms with Gasteiger partial charge in [0.2, 0.25) is 5.91 Å². The van der Waals surface area contributed by atoms with E-state index in [9.17, 15) is 9.90 Å². The molecule has 0 radical (unpaired) electrons. The Kier molecular flexibility index (Phi) is 4.99. The van der Waals surface area contributed by atoms with Crippen LogP contribution in [0.4, 0.5) is 0 Å². The van der Waals surface area contributed by atoms with Crippen molar-refractivity contribution in [2.75, 3.05) is 18.6 Å². The van der Waals surface area contributed by atoms with Crippen molar-refractivity contribution in [2.24, 2.45) is 5.92 Å².